The number of benzene rings is 1. The molecule has 1 amide bonds. The smallest absolute Gasteiger partial charge is 0.326 e. The van der Waals surface area contributed by atoms with Crippen molar-refractivity contribution < 1.29 is 23.1 Å². The summed E-state index contributed by atoms with van der Waals surface area (Å²) in [6.07, 6.45) is 1.45. The van der Waals surface area contributed by atoms with Gasteiger partial charge in [0.1, 0.15) is 6.04 Å². The van der Waals surface area contributed by atoms with Crippen LogP contribution in [0.1, 0.15) is 29.3 Å². The number of aliphatic carboxylic acids is 1. The van der Waals surface area contributed by atoms with Crippen LogP contribution in [-0.4, -0.2) is 49.6 Å². The molecule has 1 atom stereocenters. The maximum atomic E-state index is 12.2. The second-order valence-corrected chi connectivity index (χ2v) is 7.09. The largest absolute Gasteiger partial charge is 0.480 e. The SMILES string of the molecule is CCC(C(=O)O)N(C)C(=O)c1ccc(CS(C)(=O)=O)cc1. The molecule has 0 aliphatic heterocycles. The highest BCUT2D eigenvalue weighted by Gasteiger charge is 2.25. The minimum absolute atomic E-state index is 0.0932. The average Bonchev–Trinajstić information content (AvgIpc) is 2.37. The lowest BCUT2D eigenvalue weighted by molar-refractivity contribution is -0.142. The number of carboxylic acids is 1. The van der Waals surface area contributed by atoms with E-state index >= 15 is 0 Å². The molecule has 1 aromatic rings. The second-order valence-electron chi connectivity index (χ2n) is 4.95. The number of amides is 1. The van der Waals surface area contributed by atoms with Gasteiger partial charge in [0.2, 0.25) is 0 Å². The molecule has 1 unspecified atom stereocenters. The Morgan fingerprint density at radius 2 is 1.76 bits per heavy atom. The highest BCUT2D eigenvalue weighted by molar-refractivity contribution is 7.89. The van der Waals surface area contributed by atoms with Gasteiger partial charge in [-0.05, 0) is 24.1 Å². The van der Waals surface area contributed by atoms with E-state index in [0.717, 1.165) is 6.26 Å². The topological polar surface area (TPSA) is 91.8 Å². The number of carboxylic acid groups (broad SMARTS) is 1. The van der Waals surface area contributed by atoms with E-state index in [-0.39, 0.29) is 5.75 Å². The van der Waals surface area contributed by atoms with E-state index in [1.165, 1.54) is 24.1 Å². The fourth-order valence-electron chi connectivity index (χ4n) is 2.01. The summed E-state index contributed by atoms with van der Waals surface area (Å²) < 4.78 is 22.4. The second kappa shape index (κ2) is 6.71. The first-order chi connectivity index (χ1) is 9.65. The quantitative estimate of drug-likeness (QED) is 0.851. The highest BCUT2D eigenvalue weighted by atomic mass is 32.2. The van der Waals surface area contributed by atoms with E-state index in [1.54, 1.807) is 19.1 Å². The third-order valence-electron chi connectivity index (χ3n) is 3.09. The van der Waals surface area contributed by atoms with Gasteiger partial charge >= 0.3 is 5.97 Å². The number of likely N-dealkylation sites (N-methyl/N-ethyl adjacent to an activating group) is 1. The third kappa shape index (κ3) is 4.86. The lowest BCUT2D eigenvalue weighted by Gasteiger charge is -2.23. The molecule has 1 aromatic carbocycles. The van der Waals surface area contributed by atoms with Gasteiger partial charge in [-0.1, -0.05) is 19.1 Å². The fourth-order valence-corrected chi connectivity index (χ4v) is 2.80. The Hall–Kier alpha value is -1.89. The van der Waals surface area contributed by atoms with E-state index in [0.29, 0.717) is 17.5 Å². The van der Waals surface area contributed by atoms with Crippen LogP contribution >= 0.6 is 0 Å². The molecule has 7 heteroatoms. The molecule has 1 rings (SSSR count). The van der Waals surface area contributed by atoms with Crippen molar-refractivity contribution in [3.63, 3.8) is 0 Å². The highest BCUT2D eigenvalue weighted by Crippen LogP contribution is 2.12. The Labute approximate surface area is 124 Å². The van der Waals surface area contributed by atoms with Crippen LogP contribution < -0.4 is 0 Å². The van der Waals surface area contributed by atoms with Gasteiger partial charge in [0.05, 0.1) is 5.75 Å². The summed E-state index contributed by atoms with van der Waals surface area (Å²) in [6, 6.07) is 5.25. The maximum Gasteiger partial charge on any atom is 0.326 e. The molecule has 116 valence electrons. The van der Waals surface area contributed by atoms with E-state index in [2.05, 4.69) is 0 Å². The zero-order chi connectivity index (χ0) is 16.2. The van der Waals surface area contributed by atoms with Crippen molar-refractivity contribution in [3.05, 3.63) is 35.4 Å². The summed E-state index contributed by atoms with van der Waals surface area (Å²) in [7, 11) is -1.69. The monoisotopic (exact) mass is 313 g/mol. The Kier molecular flexibility index (Phi) is 5.48. The molecular formula is C14H19NO5S. The van der Waals surface area contributed by atoms with Gasteiger partial charge in [0, 0.05) is 18.9 Å². The normalized spacial score (nSPS) is 12.7. The molecule has 0 aliphatic rings. The Balaban J connectivity index is 2.91. The molecule has 0 saturated heterocycles. The summed E-state index contributed by atoms with van der Waals surface area (Å²) >= 11 is 0. The number of sulfone groups is 1. The molecule has 0 bridgehead atoms. The number of nitrogens with zero attached hydrogens (tertiary/aromatic N) is 1. The van der Waals surface area contributed by atoms with Crippen molar-refractivity contribution in [2.75, 3.05) is 13.3 Å². The minimum Gasteiger partial charge on any atom is -0.480 e. The van der Waals surface area contributed by atoms with Crippen LogP contribution in [0.4, 0.5) is 0 Å². The summed E-state index contributed by atoms with van der Waals surface area (Å²) in [6.45, 7) is 1.69. The molecule has 0 spiro atoms. The molecule has 1 N–H and O–H groups in total. The summed E-state index contributed by atoms with van der Waals surface area (Å²) in [4.78, 5) is 24.4. The van der Waals surface area contributed by atoms with Crippen LogP contribution in [0, 0.1) is 0 Å². The Morgan fingerprint density at radius 3 is 2.14 bits per heavy atom. The lowest BCUT2D eigenvalue weighted by atomic mass is 10.1. The predicted molar refractivity (Wildman–Crippen MR) is 78.8 cm³/mol. The first-order valence-electron chi connectivity index (χ1n) is 6.42. The first kappa shape index (κ1) is 17.2. The Bertz CT molecular complexity index is 621. The van der Waals surface area contributed by atoms with Crippen LogP contribution in [0.5, 0.6) is 0 Å². The number of carbonyl (C=O) groups excluding carboxylic acids is 1. The van der Waals surface area contributed by atoms with Crippen molar-refractivity contribution in [2.24, 2.45) is 0 Å². The van der Waals surface area contributed by atoms with Gasteiger partial charge in [0.15, 0.2) is 9.84 Å². The maximum absolute atomic E-state index is 12.2. The van der Waals surface area contributed by atoms with Crippen LogP contribution in [-0.2, 0) is 20.4 Å². The molecule has 0 aliphatic carbocycles. The molecule has 0 fully saturated rings. The van der Waals surface area contributed by atoms with Crippen LogP contribution in [0.2, 0.25) is 0 Å². The zero-order valence-corrected chi connectivity index (χ0v) is 13.1. The molecule has 0 aromatic heterocycles. The molecule has 0 heterocycles. The minimum atomic E-state index is -3.13. The van der Waals surface area contributed by atoms with Gasteiger partial charge in [-0.3, -0.25) is 4.79 Å². The summed E-state index contributed by atoms with van der Waals surface area (Å²) in [5.41, 5.74) is 0.913. The van der Waals surface area contributed by atoms with E-state index in [9.17, 15) is 18.0 Å². The molecule has 6 nitrogen and oxygen atoms in total. The van der Waals surface area contributed by atoms with Crippen molar-refractivity contribution in [3.8, 4) is 0 Å². The third-order valence-corrected chi connectivity index (χ3v) is 3.95. The van der Waals surface area contributed by atoms with Crippen molar-refractivity contribution in [1.82, 2.24) is 4.90 Å². The average molecular weight is 313 g/mol. The van der Waals surface area contributed by atoms with Crippen LogP contribution in [0.15, 0.2) is 24.3 Å². The number of hydrogen-bond acceptors (Lipinski definition) is 4. The molecular weight excluding hydrogens is 294 g/mol. The number of carbonyl (C=O) groups is 2. The van der Waals surface area contributed by atoms with Gasteiger partial charge in [-0.25, -0.2) is 13.2 Å². The summed E-state index contributed by atoms with van der Waals surface area (Å²) in [5, 5.41) is 9.05. The van der Waals surface area contributed by atoms with Crippen molar-refractivity contribution >= 4 is 21.7 Å². The van der Waals surface area contributed by atoms with Gasteiger partial charge in [-0.15, -0.1) is 0 Å². The standard InChI is InChI=1S/C14H19NO5S/c1-4-12(14(17)18)15(2)13(16)11-7-5-10(6-8-11)9-21(3,19)20/h5-8,12H,4,9H2,1-3H3,(H,17,18). The first-order valence-corrected chi connectivity index (χ1v) is 8.48. The lowest BCUT2D eigenvalue weighted by Crippen LogP contribution is -2.41. The van der Waals surface area contributed by atoms with Crippen molar-refractivity contribution in [1.29, 1.82) is 0 Å². The van der Waals surface area contributed by atoms with Gasteiger partial charge in [0.25, 0.3) is 5.91 Å². The van der Waals surface area contributed by atoms with Crippen LogP contribution in [0.3, 0.4) is 0 Å². The fraction of sp³-hybridized carbons (Fsp3) is 0.429. The van der Waals surface area contributed by atoms with Crippen LogP contribution in [0.25, 0.3) is 0 Å². The Morgan fingerprint density at radius 1 is 1.24 bits per heavy atom. The molecule has 21 heavy (non-hydrogen) atoms. The summed E-state index contributed by atoms with van der Waals surface area (Å²) in [5.74, 6) is -1.55. The van der Waals surface area contributed by atoms with Gasteiger partial charge in [-0.2, -0.15) is 0 Å². The van der Waals surface area contributed by atoms with E-state index in [4.69, 9.17) is 5.11 Å². The van der Waals surface area contributed by atoms with E-state index in [1.807, 2.05) is 0 Å². The molecule has 0 radical (unpaired) electrons. The zero-order valence-electron chi connectivity index (χ0n) is 12.2. The van der Waals surface area contributed by atoms with Gasteiger partial charge < -0.3 is 10.0 Å². The number of hydrogen-bond donors (Lipinski definition) is 1. The van der Waals surface area contributed by atoms with Crippen molar-refractivity contribution in [2.45, 2.75) is 25.1 Å². The number of rotatable bonds is 6. The molecule has 0 saturated carbocycles. The predicted octanol–water partition coefficient (Wildman–Crippen LogP) is 1.17. The van der Waals surface area contributed by atoms with E-state index < -0.39 is 27.8 Å².